The van der Waals surface area contributed by atoms with Crippen LogP contribution in [0.5, 0.6) is 5.75 Å². The topological polar surface area (TPSA) is 195 Å². The van der Waals surface area contributed by atoms with Crippen molar-refractivity contribution in [3.63, 3.8) is 0 Å². The first-order valence-corrected chi connectivity index (χ1v) is 19.0. The van der Waals surface area contributed by atoms with E-state index in [1.807, 2.05) is 4.90 Å². The molecule has 16 nitrogen and oxygen atoms in total. The normalized spacial score (nSPS) is 19.5. The van der Waals surface area contributed by atoms with Gasteiger partial charge >= 0.3 is 0 Å². The fourth-order valence-electron chi connectivity index (χ4n) is 7.37. The number of piperazine rings is 1. The number of aliphatic hydroxyl groups excluding tert-OH is 1. The highest BCUT2D eigenvalue weighted by molar-refractivity contribution is 6.33. The van der Waals surface area contributed by atoms with E-state index >= 15 is 4.39 Å². The highest BCUT2D eigenvalue weighted by atomic mass is 35.5. The Morgan fingerprint density at radius 1 is 1.07 bits per heavy atom. The number of hydrogen-bond acceptors (Lipinski definition) is 12. The first kappa shape index (κ1) is 40.2. The summed E-state index contributed by atoms with van der Waals surface area (Å²) in [6.45, 7) is 3.25. The van der Waals surface area contributed by atoms with Crippen molar-refractivity contribution in [2.45, 2.75) is 44.8 Å². The Bertz CT molecular complexity index is 2310. The van der Waals surface area contributed by atoms with Crippen LogP contribution in [0.4, 0.5) is 20.5 Å². The predicted molar refractivity (Wildman–Crippen MR) is 206 cm³/mol. The second-order valence-electron chi connectivity index (χ2n) is 14.2. The molecule has 3 aliphatic heterocycles. The quantitative estimate of drug-likeness (QED) is 0.240. The van der Waals surface area contributed by atoms with E-state index in [1.54, 1.807) is 11.9 Å². The standard InChI is InChI=1S/C39H39ClF2N8O8/c1-20(51)48-12-14-49(15-13-48)35-24-19-25(40)31(32-26(41)4-3-5-28(32)52)33(42)34(24)45-39(46-35)43-11-10-30(54)47(2)16-17-58-21-6-7-22-23(18-21)38(57)50(37(22)56)27-8-9-29(53)44-36(27)55/h3-4,6-7,18-19,27-28,52H,5,8-17H2,1-2H3,(H,43,45,46)(H,44,53,55). The molecule has 6 amide bonds. The Labute approximate surface area is 335 Å². The van der Waals surface area contributed by atoms with Gasteiger partial charge in [0.2, 0.25) is 29.6 Å². The van der Waals surface area contributed by atoms with Crippen molar-refractivity contribution < 1.29 is 47.4 Å². The Kier molecular flexibility index (Phi) is 11.4. The number of imide groups is 2. The number of piperidine rings is 1. The van der Waals surface area contributed by atoms with Crippen molar-refractivity contribution in [2.75, 3.05) is 63.1 Å². The lowest BCUT2D eigenvalue weighted by molar-refractivity contribution is -0.136. The number of halogens is 3. The number of amides is 6. The Morgan fingerprint density at radius 2 is 1.81 bits per heavy atom. The highest BCUT2D eigenvalue weighted by Gasteiger charge is 2.44. The number of aliphatic hydroxyl groups is 1. The molecule has 2 fully saturated rings. The van der Waals surface area contributed by atoms with Gasteiger partial charge in [0.05, 0.1) is 28.8 Å². The van der Waals surface area contributed by atoms with E-state index in [0.717, 1.165) is 11.0 Å². The molecule has 58 heavy (non-hydrogen) atoms. The van der Waals surface area contributed by atoms with Crippen LogP contribution in [0.25, 0.3) is 16.5 Å². The molecule has 1 aromatic heterocycles. The molecule has 304 valence electrons. The number of anilines is 2. The van der Waals surface area contributed by atoms with Crippen molar-refractivity contribution in [1.29, 1.82) is 0 Å². The summed E-state index contributed by atoms with van der Waals surface area (Å²) in [6.07, 6.45) is 1.33. The van der Waals surface area contributed by atoms with Crippen LogP contribution in [0.15, 0.2) is 42.2 Å². The van der Waals surface area contributed by atoms with Crippen LogP contribution in [0.3, 0.4) is 0 Å². The fraction of sp³-hybridized carbons (Fsp3) is 0.385. The molecule has 7 rings (SSSR count). The maximum Gasteiger partial charge on any atom is 0.262 e. The van der Waals surface area contributed by atoms with Crippen LogP contribution in [-0.2, 0) is 19.2 Å². The molecule has 0 radical (unpaired) electrons. The van der Waals surface area contributed by atoms with Gasteiger partial charge in [-0.05, 0) is 43.2 Å². The number of aromatic nitrogens is 2. The van der Waals surface area contributed by atoms with E-state index in [-0.39, 0.29) is 107 Å². The van der Waals surface area contributed by atoms with Gasteiger partial charge in [-0.3, -0.25) is 39.0 Å². The number of hydrogen-bond donors (Lipinski definition) is 3. The molecular formula is C39H39ClF2N8O8. The number of allylic oxidation sites excluding steroid dienone is 2. The molecular weight excluding hydrogens is 782 g/mol. The van der Waals surface area contributed by atoms with Crippen molar-refractivity contribution >= 4 is 75.3 Å². The zero-order valence-corrected chi connectivity index (χ0v) is 32.3. The van der Waals surface area contributed by atoms with Crippen LogP contribution in [-0.4, -0.2) is 130 Å². The number of benzene rings is 2. The Hall–Kier alpha value is -6.01. The number of rotatable bonds is 11. The maximum absolute atomic E-state index is 16.4. The molecule has 4 heterocycles. The van der Waals surface area contributed by atoms with Gasteiger partial charge in [0, 0.05) is 76.1 Å². The summed E-state index contributed by atoms with van der Waals surface area (Å²) in [6, 6.07) is 4.68. The van der Waals surface area contributed by atoms with E-state index in [2.05, 4.69) is 20.6 Å². The summed E-state index contributed by atoms with van der Waals surface area (Å²) in [4.78, 5) is 90.0. The molecule has 0 spiro atoms. The smallest absolute Gasteiger partial charge is 0.262 e. The summed E-state index contributed by atoms with van der Waals surface area (Å²) in [7, 11) is 1.57. The van der Waals surface area contributed by atoms with Gasteiger partial charge in [0.1, 0.15) is 35.6 Å². The lowest BCUT2D eigenvalue weighted by Crippen LogP contribution is -2.54. The average molecular weight is 821 g/mol. The third-order valence-corrected chi connectivity index (χ3v) is 10.8. The molecule has 2 aromatic carbocycles. The molecule has 19 heteroatoms. The predicted octanol–water partition coefficient (Wildman–Crippen LogP) is 2.83. The number of ether oxygens (including phenoxy) is 1. The van der Waals surface area contributed by atoms with E-state index in [9.17, 15) is 38.3 Å². The third kappa shape index (κ3) is 7.80. The summed E-state index contributed by atoms with van der Waals surface area (Å²) < 4.78 is 37.2. The van der Waals surface area contributed by atoms with Gasteiger partial charge in [-0.1, -0.05) is 17.7 Å². The number of likely N-dealkylation sites (N-methyl/N-ethyl adjacent to an activating group) is 1. The highest BCUT2D eigenvalue weighted by Crippen LogP contribution is 2.41. The molecule has 3 aromatic rings. The van der Waals surface area contributed by atoms with Gasteiger partial charge in [0.15, 0.2) is 5.82 Å². The summed E-state index contributed by atoms with van der Waals surface area (Å²) in [5, 5.41) is 15.8. The van der Waals surface area contributed by atoms with Gasteiger partial charge in [0.25, 0.3) is 11.8 Å². The van der Waals surface area contributed by atoms with E-state index in [4.69, 9.17) is 16.3 Å². The van der Waals surface area contributed by atoms with Crippen molar-refractivity contribution in [1.82, 2.24) is 30.0 Å². The van der Waals surface area contributed by atoms with Gasteiger partial charge < -0.3 is 29.9 Å². The second kappa shape index (κ2) is 16.5. The lowest BCUT2D eigenvalue weighted by atomic mass is 9.92. The van der Waals surface area contributed by atoms with Crippen LogP contribution < -0.4 is 20.3 Å². The molecule has 3 N–H and O–H groups in total. The SMILES string of the molecule is CC(=O)N1CCN(c2nc(NCCC(=O)N(C)CCOc3ccc4c(c3)C(=O)N(C3CCC(=O)NC3=O)C4=O)nc3c(F)c(C4=C(F)C=CCC4O)c(Cl)cc23)CC1. The minimum Gasteiger partial charge on any atom is -0.492 e. The van der Waals surface area contributed by atoms with Crippen molar-refractivity contribution in [3.05, 3.63) is 69.8 Å². The summed E-state index contributed by atoms with van der Waals surface area (Å²) in [5.41, 5.74) is -0.602. The van der Waals surface area contributed by atoms with Crippen molar-refractivity contribution in [2.24, 2.45) is 0 Å². The Balaban J connectivity index is 1.01. The fourth-order valence-corrected chi connectivity index (χ4v) is 7.66. The first-order chi connectivity index (χ1) is 27.7. The van der Waals surface area contributed by atoms with Crippen LogP contribution in [0, 0.1) is 5.82 Å². The van der Waals surface area contributed by atoms with E-state index in [1.165, 1.54) is 42.2 Å². The molecule has 0 bridgehead atoms. The lowest BCUT2D eigenvalue weighted by Gasteiger charge is -2.35. The van der Waals surface area contributed by atoms with Gasteiger partial charge in [-0.15, -0.1) is 0 Å². The zero-order valence-electron chi connectivity index (χ0n) is 31.5. The number of nitrogens with zero attached hydrogens (tertiary/aromatic N) is 6. The average Bonchev–Trinajstić information content (AvgIpc) is 3.43. The zero-order chi connectivity index (χ0) is 41.4. The third-order valence-electron chi connectivity index (χ3n) is 10.5. The van der Waals surface area contributed by atoms with E-state index < -0.39 is 47.4 Å². The van der Waals surface area contributed by atoms with Gasteiger partial charge in [-0.25, -0.2) is 13.8 Å². The number of fused-ring (bicyclic) bond motifs is 2. The minimum atomic E-state index is -1.33. The molecule has 2 unspecified atom stereocenters. The number of nitrogens with one attached hydrogen (secondary N) is 2. The molecule has 2 atom stereocenters. The molecule has 2 saturated heterocycles. The van der Waals surface area contributed by atoms with Crippen LogP contribution in [0.1, 0.15) is 58.9 Å². The van der Waals surface area contributed by atoms with Crippen LogP contribution in [0.2, 0.25) is 5.02 Å². The minimum absolute atomic E-state index is 0.00360. The summed E-state index contributed by atoms with van der Waals surface area (Å²) >= 11 is 6.56. The van der Waals surface area contributed by atoms with Crippen molar-refractivity contribution in [3.8, 4) is 5.75 Å². The van der Waals surface area contributed by atoms with E-state index in [0.29, 0.717) is 32.0 Å². The summed E-state index contributed by atoms with van der Waals surface area (Å²) in [5.74, 6) is -4.04. The molecule has 1 aliphatic carbocycles. The monoisotopic (exact) mass is 820 g/mol. The number of carbonyl (C=O) groups is 6. The van der Waals surface area contributed by atoms with Crippen LogP contribution >= 0.6 is 11.6 Å². The Morgan fingerprint density at radius 3 is 2.52 bits per heavy atom. The maximum atomic E-state index is 16.4. The number of carbonyl (C=O) groups excluding carboxylic acids is 6. The first-order valence-electron chi connectivity index (χ1n) is 18.6. The second-order valence-corrected chi connectivity index (χ2v) is 14.6. The molecule has 4 aliphatic rings. The van der Waals surface area contributed by atoms with Gasteiger partial charge in [-0.2, -0.15) is 4.98 Å². The largest absolute Gasteiger partial charge is 0.492 e. The molecule has 0 saturated carbocycles.